The van der Waals surface area contributed by atoms with Crippen LogP contribution in [0.2, 0.25) is 0 Å². The molecule has 2 N–H and O–H groups in total. The number of hydrogen-bond acceptors (Lipinski definition) is 6. The molecule has 0 atom stereocenters. The van der Waals surface area contributed by atoms with Gasteiger partial charge in [-0.2, -0.15) is 0 Å². The van der Waals surface area contributed by atoms with Gasteiger partial charge in [0.05, 0.1) is 7.11 Å². The van der Waals surface area contributed by atoms with Crippen LogP contribution in [0.5, 0.6) is 28.9 Å². The molecule has 0 radical (unpaired) electrons. The van der Waals surface area contributed by atoms with E-state index < -0.39 is 11.7 Å². The van der Waals surface area contributed by atoms with Gasteiger partial charge in [0.25, 0.3) is 0 Å². The highest BCUT2D eigenvalue weighted by atomic mass is 16.5. The summed E-state index contributed by atoms with van der Waals surface area (Å²) in [5, 5.41) is 20.5. The van der Waals surface area contributed by atoms with Gasteiger partial charge in [0, 0.05) is 5.39 Å². The molecule has 3 rings (SSSR count). The number of hydrogen-bond donors (Lipinski definition) is 2. The first-order chi connectivity index (χ1) is 11.5. The van der Waals surface area contributed by atoms with E-state index >= 15 is 0 Å². The van der Waals surface area contributed by atoms with Gasteiger partial charge < -0.3 is 19.7 Å². The number of pyridine rings is 1. The summed E-state index contributed by atoms with van der Waals surface area (Å²) < 4.78 is 10.9. The van der Waals surface area contributed by atoms with Crippen LogP contribution >= 0.6 is 0 Å². The summed E-state index contributed by atoms with van der Waals surface area (Å²) in [4.78, 5) is 15.6. The van der Waals surface area contributed by atoms with Crippen molar-refractivity contribution in [2.75, 3.05) is 7.11 Å². The second kappa shape index (κ2) is 6.08. The van der Waals surface area contributed by atoms with Crippen LogP contribution in [0.4, 0.5) is 0 Å². The Morgan fingerprint density at radius 3 is 2.33 bits per heavy atom. The second-order valence-corrected chi connectivity index (χ2v) is 5.15. The van der Waals surface area contributed by atoms with Gasteiger partial charge >= 0.3 is 0 Å². The fourth-order valence-electron chi connectivity index (χ4n) is 2.41. The Bertz CT molecular complexity index is 919. The number of carbonyl (C=O) groups excluding carboxylic acids is 1. The van der Waals surface area contributed by atoms with E-state index in [1.165, 1.54) is 6.92 Å². The van der Waals surface area contributed by atoms with E-state index in [1.807, 2.05) is 0 Å². The smallest absolute Gasteiger partial charge is 0.226 e. The predicted octanol–water partition coefficient (Wildman–Crippen LogP) is 3.65. The van der Waals surface area contributed by atoms with Crippen molar-refractivity contribution in [3.05, 3.63) is 48.0 Å². The zero-order valence-electron chi connectivity index (χ0n) is 13.1. The summed E-state index contributed by atoms with van der Waals surface area (Å²) in [7, 11) is 1.57. The van der Waals surface area contributed by atoms with E-state index in [2.05, 4.69) is 4.98 Å². The Labute approximate surface area is 137 Å². The molecule has 24 heavy (non-hydrogen) atoms. The number of para-hydroxylation sites is 1. The zero-order chi connectivity index (χ0) is 17.3. The third-order valence-electron chi connectivity index (χ3n) is 3.57. The summed E-state index contributed by atoms with van der Waals surface area (Å²) in [5.41, 5.74) is 0.0532. The topological polar surface area (TPSA) is 88.9 Å². The van der Waals surface area contributed by atoms with Crippen LogP contribution in [0.3, 0.4) is 0 Å². The summed E-state index contributed by atoms with van der Waals surface area (Å²) >= 11 is 0. The summed E-state index contributed by atoms with van der Waals surface area (Å²) in [5.74, 6) is 0.266. The van der Waals surface area contributed by atoms with Crippen LogP contribution in [-0.4, -0.2) is 28.1 Å². The van der Waals surface area contributed by atoms with Crippen molar-refractivity contribution in [1.82, 2.24) is 4.98 Å². The molecule has 1 aromatic heterocycles. The quantitative estimate of drug-likeness (QED) is 0.712. The first-order valence-electron chi connectivity index (χ1n) is 7.18. The van der Waals surface area contributed by atoms with E-state index in [1.54, 1.807) is 49.6 Å². The first kappa shape index (κ1) is 15.6. The van der Waals surface area contributed by atoms with Crippen LogP contribution in [0, 0.1) is 0 Å². The fraction of sp³-hybridized carbons (Fsp3) is 0.111. The molecule has 0 aliphatic carbocycles. The Kier molecular flexibility index (Phi) is 3.95. The lowest BCUT2D eigenvalue weighted by atomic mass is 10.1. The maximum absolute atomic E-state index is 11.6. The van der Waals surface area contributed by atoms with Gasteiger partial charge in [0.15, 0.2) is 11.5 Å². The number of fused-ring (bicyclic) bond motifs is 1. The third kappa shape index (κ3) is 2.69. The van der Waals surface area contributed by atoms with Crippen molar-refractivity contribution in [3.63, 3.8) is 0 Å². The lowest BCUT2D eigenvalue weighted by molar-refractivity contribution is 0.101. The minimum absolute atomic E-state index is 0.205. The Morgan fingerprint density at radius 1 is 1.04 bits per heavy atom. The molecule has 0 saturated carbocycles. The standard InChI is InChI=1S/C18H15NO5/c1-10(20)15-17(21)13-4-3-5-14(16(13)19-18(15)22)24-12-8-6-11(23-2)7-9-12/h3-9H,1-2H3,(H2,19,21,22). The number of nitrogens with zero attached hydrogens (tertiary/aromatic N) is 1. The molecule has 1 heterocycles. The number of aromatic hydroxyl groups is 2. The Balaban J connectivity index is 2.10. The highest BCUT2D eigenvalue weighted by Gasteiger charge is 2.19. The molecule has 0 fully saturated rings. The van der Waals surface area contributed by atoms with Crippen LogP contribution < -0.4 is 9.47 Å². The van der Waals surface area contributed by atoms with Gasteiger partial charge in [-0.15, -0.1) is 0 Å². The van der Waals surface area contributed by atoms with Crippen LogP contribution in [0.25, 0.3) is 10.9 Å². The molecule has 0 amide bonds. The first-order valence-corrected chi connectivity index (χ1v) is 7.18. The third-order valence-corrected chi connectivity index (χ3v) is 3.57. The summed E-state index contributed by atoms with van der Waals surface area (Å²) in [6.45, 7) is 1.25. The largest absolute Gasteiger partial charge is 0.506 e. The molecule has 0 aliphatic rings. The number of Topliss-reactive ketones (excluding diaryl/α,β-unsaturated/α-hetero) is 1. The lowest BCUT2D eigenvalue weighted by Gasteiger charge is -2.12. The predicted molar refractivity (Wildman–Crippen MR) is 88.1 cm³/mol. The van der Waals surface area contributed by atoms with E-state index in [9.17, 15) is 15.0 Å². The molecule has 2 aromatic carbocycles. The molecule has 0 unspecified atom stereocenters. The van der Waals surface area contributed by atoms with Crippen molar-refractivity contribution >= 4 is 16.7 Å². The molecular weight excluding hydrogens is 310 g/mol. The van der Waals surface area contributed by atoms with E-state index in [0.717, 1.165) is 0 Å². The number of rotatable bonds is 4. The van der Waals surface area contributed by atoms with E-state index in [4.69, 9.17) is 9.47 Å². The Morgan fingerprint density at radius 2 is 1.71 bits per heavy atom. The molecule has 3 aromatic rings. The number of aromatic nitrogens is 1. The molecule has 6 heteroatoms. The number of benzene rings is 2. The van der Waals surface area contributed by atoms with Gasteiger partial charge in [-0.05, 0) is 43.3 Å². The number of methoxy groups -OCH3 is 1. The maximum Gasteiger partial charge on any atom is 0.226 e. The number of ether oxygens (including phenoxy) is 2. The normalized spacial score (nSPS) is 10.6. The van der Waals surface area contributed by atoms with E-state index in [-0.39, 0.29) is 16.8 Å². The summed E-state index contributed by atoms with van der Waals surface area (Å²) in [6, 6.07) is 11.9. The highest BCUT2D eigenvalue weighted by Crippen LogP contribution is 2.38. The van der Waals surface area contributed by atoms with Gasteiger partial charge in [0.2, 0.25) is 5.88 Å². The second-order valence-electron chi connectivity index (χ2n) is 5.15. The molecule has 0 aliphatic heterocycles. The van der Waals surface area contributed by atoms with Crippen LogP contribution in [0.15, 0.2) is 42.5 Å². The molecule has 0 spiro atoms. The van der Waals surface area contributed by atoms with Crippen molar-refractivity contribution in [2.24, 2.45) is 0 Å². The van der Waals surface area contributed by atoms with Crippen LogP contribution in [-0.2, 0) is 0 Å². The molecule has 6 nitrogen and oxygen atoms in total. The van der Waals surface area contributed by atoms with Gasteiger partial charge in [-0.1, -0.05) is 6.07 Å². The molecule has 0 bridgehead atoms. The van der Waals surface area contributed by atoms with Gasteiger partial charge in [-0.3, -0.25) is 4.79 Å². The maximum atomic E-state index is 11.6. The van der Waals surface area contributed by atoms with E-state index in [0.29, 0.717) is 22.6 Å². The van der Waals surface area contributed by atoms with Crippen molar-refractivity contribution < 1.29 is 24.5 Å². The molecular formula is C18H15NO5. The monoisotopic (exact) mass is 325 g/mol. The summed E-state index contributed by atoms with van der Waals surface area (Å²) in [6.07, 6.45) is 0. The van der Waals surface area contributed by atoms with Gasteiger partial charge in [-0.25, -0.2) is 4.98 Å². The minimum Gasteiger partial charge on any atom is -0.506 e. The SMILES string of the molecule is COc1ccc(Oc2cccc3c(O)c(C(C)=O)c(O)nc23)cc1. The lowest BCUT2D eigenvalue weighted by Crippen LogP contribution is -1.98. The molecule has 122 valence electrons. The van der Waals surface area contributed by atoms with Crippen molar-refractivity contribution in [2.45, 2.75) is 6.92 Å². The zero-order valence-corrected chi connectivity index (χ0v) is 13.1. The Hall–Kier alpha value is -3.28. The average molecular weight is 325 g/mol. The number of carbonyl (C=O) groups is 1. The fourth-order valence-corrected chi connectivity index (χ4v) is 2.41. The minimum atomic E-state index is -0.529. The van der Waals surface area contributed by atoms with Crippen LogP contribution in [0.1, 0.15) is 17.3 Å². The number of ketones is 1. The van der Waals surface area contributed by atoms with Crippen molar-refractivity contribution in [1.29, 1.82) is 0 Å². The molecule has 0 saturated heterocycles. The average Bonchev–Trinajstić information content (AvgIpc) is 2.56. The van der Waals surface area contributed by atoms with Gasteiger partial charge in [0.1, 0.15) is 28.3 Å². The highest BCUT2D eigenvalue weighted by molar-refractivity contribution is 6.05. The van der Waals surface area contributed by atoms with Crippen molar-refractivity contribution in [3.8, 4) is 28.9 Å².